The zero-order chi connectivity index (χ0) is 15.0. The number of halogens is 1. The van der Waals surface area contributed by atoms with Gasteiger partial charge in [-0.15, -0.1) is 0 Å². The van der Waals surface area contributed by atoms with Crippen LogP contribution in [-0.2, 0) is 0 Å². The lowest BCUT2D eigenvalue weighted by Gasteiger charge is -2.05. The number of thiophene rings is 1. The van der Waals surface area contributed by atoms with Gasteiger partial charge in [0, 0.05) is 6.07 Å². The molecule has 3 rings (SSSR count). The topological polar surface area (TPSA) is 98.0 Å². The van der Waals surface area contributed by atoms with Gasteiger partial charge in [-0.05, 0) is 18.2 Å². The van der Waals surface area contributed by atoms with Crippen LogP contribution in [0.4, 0.5) is 10.7 Å². The van der Waals surface area contributed by atoms with Gasteiger partial charge in [0.1, 0.15) is 11.0 Å². The number of carbonyl (C=O) groups is 1. The number of nitro groups is 1. The molecular formula is C11H5ClN4O3S2. The zero-order valence-electron chi connectivity index (χ0n) is 10.1. The van der Waals surface area contributed by atoms with E-state index in [1.807, 2.05) is 0 Å². The van der Waals surface area contributed by atoms with Gasteiger partial charge in [0.15, 0.2) is 0 Å². The number of hydrogen-bond donors (Lipinski definition) is 1. The van der Waals surface area contributed by atoms with Crippen molar-refractivity contribution in [2.24, 2.45) is 0 Å². The molecule has 0 spiro atoms. The van der Waals surface area contributed by atoms with Crippen LogP contribution in [0.2, 0.25) is 5.02 Å². The highest BCUT2D eigenvalue weighted by Crippen LogP contribution is 2.31. The van der Waals surface area contributed by atoms with Gasteiger partial charge in [0.05, 0.1) is 32.2 Å². The molecule has 0 aliphatic carbocycles. The number of aromatic nitrogens is 2. The molecule has 0 saturated heterocycles. The van der Waals surface area contributed by atoms with Gasteiger partial charge in [0.25, 0.3) is 5.91 Å². The second-order valence-electron chi connectivity index (χ2n) is 3.90. The number of fused-ring (bicyclic) bond motifs is 1. The summed E-state index contributed by atoms with van der Waals surface area (Å²) in [6, 6.07) is 5.99. The smallest absolute Gasteiger partial charge is 0.318 e. The van der Waals surface area contributed by atoms with E-state index in [1.165, 1.54) is 12.1 Å². The summed E-state index contributed by atoms with van der Waals surface area (Å²) < 4.78 is 8.15. The van der Waals surface area contributed by atoms with Crippen molar-refractivity contribution < 1.29 is 9.72 Å². The van der Waals surface area contributed by atoms with E-state index in [-0.39, 0.29) is 9.88 Å². The van der Waals surface area contributed by atoms with Crippen molar-refractivity contribution in [3.05, 3.63) is 44.3 Å². The first-order valence-corrected chi connectivity index (χ1v) is 7.45. The van der Waals surface area contributed by atoms with E-state index < -0.39 is 10.8 Å². The quantitative estimate of drug-likeness (QED) is 0.580. The van der Waals surface area contributed by atoms with E-state index >= 15 is 0 Å². The summed E-state index contributed by atoms with van der Waals surface area (Å²) in [5.41, 5.74) is 1.47. The molecular weight excluding hydrogens is 336 g/mol. The minimum absolute atomic E-state index is 0.0974. The van der Waals surface area contributed by atoms with E-state index in [0.29, 0.717) is 21.7 Å². The molecule has 1 amide bonds. The molecule has 0 aliphatic heterocycles. The summed E-state index contributed by atoms with van der Waals surface area (Å²) in [4.78, 5) is 22.5. The lowest BCUT2D eigenvalue weighted by Crippen LogP contribution is -2.10. The fraction of sp³-hybridized carbons (Fsp3) is 0. The summed E-state index contributed by atoms with van der Waals surface area (Å²) in [5, 5.41) is 13.5. The first-order chi connectivity index (χ1) is 10.1. The average molecular weight is 341 g/mol. The number of nitrogens with zero attached hydrogens (tertiary/aromatic N) is 3. The van der Waals surface area contributed by atoms with Crippen molar-refractivity contribution >= 4 is 62.3 Å². The molecule has 1 aromatic carbocycles. The van der Waals surface area contributed by atoms with Crippen molar-refractivity contribution in [3.8, 4) is 0 Å². The molecule has 106 valence electrons. The van der Waals surface area contributed by atoms with E-state index in [1.54, 1.807) is 12.1 Å². The fourth-order valence-corrected chi connectivity index (χ4v) is 3.13. The van der Waals surface area contributed by atoms with Crippen molar-refractivity contribution in [2.45, 2.75) is 0 Å². The Morgan fingerprint density at radius 2 is 2.10 bits per heavy atom. The SMILES string of the molecule is O=C(Nc1c(Cl)ccc2nsnc12)c1ccc([N+](=O)[O-])s1. The fourth-order valence-electron chi connectivity index (χ4n) is 1.67. The maximum absolute atomic E-state index is 12.1. The number of rotatable bonds is 3. The van der Waals surface area contributed by atoms with Crippen molar-refractivity contribution in [2.75, 3.05) is 5.32 Å². The summed E-state index contributed by atoms with van der Waals surface area (Å²) >= 11 is 7.87. The lowest BCUT2D eigenvalue weighted by molar-refractivity contribution is -0.380. The second kappa shape index (κ2) is 5.35. The molecule has 21 heavy (non-hydrogen) atoms. The predicted octanol–water partition coefficient (Wildman–Crippen LogP) is 3.57. The van der Waals surface area contributed by atoms with E-state index in [0.717, 1.165) is 23.1 Å². The summed E-state index contributed by atoms with van der Waals surface area (Å²) in [6.45, 7) is 0. The zero-order valence-corrected chi connectivity index (χ0v) is 12.5. The van der Waals surface area contributed by atoms with E-state index in [2.05, 4.69) is 14.1 Å². The Morgan fingerprint density at radius 1 is 1.29 bits per heavy atom. The third-order valence-electron chi connectivity index (χ3n) is 2.61. The van der Waals surface area contributed by atoms with Gasteiger partial charge < -0.3 is 5.32 Å². The van der Waals surface area contributed by atoms with Crippen LogP contribution in [0, 0.1) is 10.1 Å². The molecule has 0 saturated carbocycles. The van der Waals surface area contributed by atoms with Crippen LogP contribution >= 0.6 is 34.7 Å². The van der Waals surface area contributed by atoms with Crippen LogP contribution < -0.4 is 5.32 Å². The monoisotopic (exact) mass is 340 g/mol. The number of hydrogen-bond acceptors (Lipinski definition) is 7. The van der Waals surface area contributed by atoms with Crippen molar-refractivity contribution in [3.63, 3.8) is 0 Å². The third-order valence-corrected chi connectivity index (χ3v) is 4.50. The largest absolute Gasteiger partial charge is 0.324 e. The van der Waals surface area contributed by atoms with Crippen molar-refractivity contribution in [1.29, 1.82) is 0 Å². The highest BCUT2D eigenvalue weighted by Gasteiger charge is 2.18. The van der Waals surface area contributed by atoms with Crippen LogP contribution in [0.25, 0.3) is 11.0 Å². The van der Waals surface area contributed by atoms with Gasteiger partial charge in [-0.1, -0.05) is 22.9 Å². The molecule has 0 atom stereocenters. The highest BCUT2D eigenvalue weighted by molar-refractivity contribution is 7.17. The molecule has 0 unspecified atom stereocenters. The van der Waals surface area contributed by atoms with Gasteiger partial charge in [0.2, 0.25) is 0 Å². The number of anilines is 1. The van der Waals surface area contributed by atoms with Crippen LogP contribution in [0.1, 0.15) is 9.67 Å². The summed E-state index contributed by atoms with van der Waals surface area (Å²) in [7, 11) is 0. The predicted molar refractivity (Wildman–Crippen MR) is 81.4 cm³/mol. The molecule has 3 aromatic rings. The summed E-state index contributed by atoms with van der Waals surface area (Å²) in [6.07, 6.45) is 0. The Labute approximate surface area is 130 Å². The van der Waals surface area contributed by atoms with Gasteiger partial charge >= 0.3 is 5.00 Å². The first kappa shape index (κ1) is 13.9. The maximum atomic E-state index is 12.1. The molecule has 0 aliphatic rings. The highest BCUT2D eigenvalue weighted by atomic mass is 35.5. The van der Waals surface area contributed by atoms with Crippen molar-refractivity contribution in [1.82, 2.24) is 8.75 Å². The lowest BCUT2D eigenvalue weighted by atomic mass is 10.2. The minimum atomic E-state index is -0.542. The van der Waals surface area contributed by atoms with Gasteiger partial charge in [-0.25, -0.2) is 0 Å². The number of benzene rings is 1. The number of amides is 1. The molecule has 0 bridgehead atoms. The number of carbonyl (C=O) groups excluding carboxylic acids is 1. The minimum Gasteiger partial charge on any atom is -0.318 e. The van der Waals surface area contributed by atoms with Crippen LogP contribution in [-0.4, -0.2) is 19.6 Å². The maximum Gasteiger partial charge on any atom is 0.324 e. The number of nitrogens with one attached hydrogen (secondary N) is 1. The molecule has 10 heteroatoms. The Balaban J connectivity index is 1.94. The Kier molecular flexibility index (Phi) is 3.53. The van der Waals surface area contributed by atoms with Gasteiger partial charge in [-0.2, -0.15) is 8.75 Å². The van der Waals surface area contributed by atoms with E-state index in [4.69, 9.17) is 11.6 Å². The Hall–Kier alpha value is -2.10. The summed E-state index contributed by atoms with van der Waals surface area (Å²) in [5.74, 6) is -0.476. The molecule has 2 aromatic heterocycles. The Bertz CT molecular complexity index is 860. The normalized spacial score (nSPS) is 10.7. The molecule has 2 heterocycles. The van der Waals surface area contributed by atoms with Crippen LogP contribution in [0.3, 0.4) is 0 Å². The average Bonchev–Trinajstić information content (AvgIpc) is 3.09. The molecule has 0 fully saturated rings. The molecule has 1 N–H and O–H groups in total. The third kappa shape index (κ3) is 2.58. The first-order valence-electron chi connectivity index (χ1n) is 5.52. The second-order valence-corrected chi connectivity index (χ2v) is 5.90. The molecule has 7 nitrogen and oxygen atoms in total. The van der Waals surface area contributed by atoms with Crippen LogP contribution in [0.5, 0.6) is 0 Å². The van der Waals surface area contributed by atoms with Gasteiger partial charge in [-0.3, -0.25) is 14.9 Å². The van der Waals surface area contributed by atoms with E-state index in [9.17, 15) is 14.9 Å². The van der Waals surface area contributed by atoms with Crippen LogP contribution in [0.15, 0.2) is 24.3 Å². The standard InChI is InChI=1S/C11H5ClN4O3S2/c12-5-1-2-6-10(15-21-14-6)9(5)13-11(17)7-3-4-8(20-7)16(18)19/h1-4H,(H,13,17). The molecule has 0 radical (unpaired) electrons. The Morgan fingerprint density at radius 3 is 2.81 bits per heavy atom.